The first-order valence-electron chi connectivity index (χ1n) is 5.37. The summed E-state index contributed by atoms with van der Waals surface area (Å²) >= 11 is 2.07. The molecule has 1 aromatic carbocycles. The molecule has 0 saturated heterocycles. The van der Waals surface area contributed by atoms with E-state index < -0.39 is 30.3 Å². The molecule has 0 aliphatic rings. The molecule has 0 spiro atoms. The van der Waals surface area contributed by atoms with Gasteiger partial charge in [-0.25, -0.2) is 0 Å². The van der Waals surface area contributed by atoms with Gasteiger partial charge in [-0.15, -0.1) is 0 Å². The summed E-state index contributed by atoms with van der Waals surface area (Å²) in [5, 5.41) is 23.3. The summed E-state index contributed by atoms with van der Waals surface area (Å²) in [5.74, 6) is -3.50. The van der Waals surface area contributed by atoms with Crippen LogP contribution in [0.3, 0.4) is 0 Å². The Kier molecular flexibility index (Phi) is 5.74. The zero-order valence-electron chi connectivity index (χ0n) is 9.72. The van der Waals surface area contributed by atoms with Gasteiger partial charge >= 0.3 is 0 Å². The highest BCUT2D eigenvalue weighted by Crippen LogP contribution is 2.07. The van der Waals surface area contributed by atoms with E-state index in [2.05, 4.69) is 27.9 Å². The van der Waals surface area contributed by atoms with Gasteiger partial charge in [-0.3, -0.25) is 4.79 Å². The standard InChI is InChI=1S/C12H12INO5/c13-8-3-1-7(2-4-8)11(17)14-9(12(18)19)5-6-10(15)16/h1-4,9H,5-6H2,(H,14,17)(H,15,16)(H,18,19)/p-2/t9-/m0/s1. The van der Waals surface area contributed by atoms with Crippen LogP contribution in [0.4, 0.5) is 0 Å². The van der Waals surface area contributed by atoms with Crippen LogP contribution in [0.15, 0.2) is 24.3 Å². The fourth-order valence-corrected chi connectivity index (χ4v) is 1.71. The quantitative estimate of drug-likeness (QED) is 0.620. The van der Waals surface area contributed by atoms with E-state index in [4.69, 9.17) is 0 Å². The monoisotopic (exact) mass is 375 g/mol. The molecule has 1 amide bonds. The first kappa shape index (κ1) is 15.4. The average Bonchev–Trinajstić information content (AvgIpc) is 2.34. The number of rotatable bonds is 6. The number of carboxylic acids is 2. The van der Waals surface area contributed by atoms with Gasteiger partial charge in [0.2, 0.25) is 0 Å². The molecule has 102 valence electrons. The van der Waals surface area contributed by atoms with E-state index in [-0.39, 0.29) is 6.42 Å². The lowest BCUT2D eigenvalue weighted by Crippen LogP contribution is -2.48. The number of amides is 1. The van der Waals surface area contributed by atoms with Crippen LogP contribution >= 0.6 is 22.6 Å². The molecule has 0 radical (unpaired) electrons. The number of benzene rings is 1. The van der Waals surface area contributed by atoms with Crippen molar-refractivity contribution in [3.63, 3.8) is 0 Å². The maximum absolute atomic E-state index is 11.7. The third-order valence-corrected chi connectivity index (χ3v) is 3.05. The molecule has 6 nitrogen and oxygen atoms in total. The predicted octanol–water partition coefficient (Wildman–Crippen LogP) is -1.33. The van der Waals surface area contributed by atoms with Crippen LogP contribution in [0.5, 0.6) is 0 Å². The summed E-state index contributed by atoms with van der Waals surface area (Å²) in [7, 11) is 0. The molecule has 0 unspecified atom stereocenters. The minimum absolute atomic E-state index is 0.277. The van der Waals surface area contributed by atoms with Crippen molar-refractivity contribution < 1.29 is 24.6 Å². The third kappa shape index (κ3) is 5.25. The van der Waals surface area contributed by atoms with E-state index in [1.54, 1.807) is 24.3 Å². The average molecular weight is 375 g/mol. The molecule has 0 aromatic heterocycles. The van der Waals surface area contributed by atoms with Gasteiger partial charge in [-0.05, 0) is 59.7 Å². The second kappa shape index (κ2) is 7.07. The van der Waals surface area contributed by atoms with Crippen molar-refractivity contribution in [1.29, 1.82) is 0 Å². The second-order valence-electron chi connectivity index (χ2n) is 3.76. The molecule has 1 atom stereocenters. The Labute approximate surface area is 123 Å². The summed E-state index contributed by atoms with van der Waals surface area (Å²) in [5.41, 5.74) is 0.292. The fourth-order valence-electron chi connectivity index (χ4n) is 1.35. The second-order valence-corrected chi connectivity index (χ2v) is 5.01. The Balaban J connectivity index is 2.68. The summed E-state index contributed by atoms with van der Waals surface area (Å²) < 4.78 is 0.933. The first-order valence-corrected chi connectivity index (χ1v) is 6.45. The van der Waals surface area contributed by atoms with Crippen LogP contribution in [-0.2, 0) is 9.59 Å². The molecular weight excluding hydrogens is 365 g/mol. The fraction of sp³-hybridized carbons (Fsp3) is 0.250. The van der Waals surface area contributed by atoms with Gasteiger partial charge in [-0.2, -0.15) is 0 Å². The topological polar surface area (TPSA) is 109 Å². The van der Waals surface area contributed by atoms with Crippen LogP contribution in [0.2, 0.25) is 0 Å². The Hall–Kier alpha value is -1.64. The number of hydrogen-bond acceptors (Lipinski definition) is 5. The molecule has 19 heavy (non-hydrogen) atoms. The van der Waals surface area contributed by atoms with Crippen molar-refractivity contribution >= 4 is 40.4 Å². The van der Waals surface area contributed by atoms with Gasteiger partial charge in [0.1, 0.15) is 0 Å². The van der Waals surface area contributed by atoms with E-state index in [0.717, 1.165) is 3.57 Å². The number of carbonyl (C=O) groups is 3. The lowest BCUT2D eigenvalue weighted by molar-refractivity contribution is -0.309. The number of nitrogens with one attached hydrogen (secondary N) is 1. The largest absolute Gasteiger partial charge is 0.550 e. The summed E-state index contributed by atoms with van der Waals surface area (Å²) in [6, 6.07) is 5.13. The Morgan fingerprint density at radius 3 is 2.21 bits per heavy atom. The van der Waals surface area contributed by atoms with E-state index >= 15 is 0 Å². The minimum Gasteiger partial charge on any atom is -0.550 e. The van der Waals surface area contributed by atoms with Gasteiger partial charge in [0.15, 0.2) is 0 Å². The molecule has 7 heteroatoms. The van der Waals surface area contributed by atoms with E-state index in [0.29, 0.717) is 5.56 Å². The van der Waals surface area contributed by atoms with Crippen molar-refractivity contribution in [2.45, 2.75) is 18.9 Å². The highest BCUT2D eigenvalue weighted by Gasteiger charge is 2.14. The Morgan fingerprint density at radius 1 is 1.16 bits per heavy atom. The Morgan fingerprint density at radius 2 is 1.74 bits per heavy atom. The van der Waals surface area contributed by atoms with Crippen molar-refractivity contribution in [1.82, 2.24) is 5.32 Å². The highest BCUT2D eigenvalue weighted by molar-refractivity contribution is 14.1. The molecule has 0 fully saturated rings. The lowest BCUT2D eigenvalue weighted by atomic mass is 10.1. The summed E-state index contributed by atoms with van der Waals surface area (Å²) in [6.45, 7) is 0. The lowest BCUT2D eigenvalue weighted by Gasteiger charge is -2.19. The first-order chi connectivity index (χ1) is 8.90. The predicted molar refractivity (Wildman–Crippen MR) is 69.7 cm³/mol. The molecule has 0 heterocycles. The number of carboxylic acid groups (broad SMARTS) is 2. The molecule has 1 rings (SSSR count). The van der Waals surface area contributed by atoms with Crippen LogP contribution in [0, 0.1) is 3.57 Å². The number of aliphatic carboxylic acids is 2. The van der Waals surface area contributed by atoms with Crippen LogP contribution < -0.4 is 15.5 Å². The number of hydrogen-bond donors (Lipinski definition) is 1. The SMILES string of the molecule is O=C([O-])CC[C@H](NC(=O)c1ccc(I)cc1)C(=O)[O-]. The summed E-state index contributed by atoms with van der Waals surface area (Å²) in [4.78, 5) is 32.8. The van der Waals surface area contributed by atoms with Crippen molar-refractivity contribution in [3.8, 4) is 0 Å². The normalized spacial score (nSPS) is 11.6. The highest BCUT2D eigenvalue weighted by atomic mass is 127. The van der Waals surface area contributed by atoms with E-state index in [1.165, 1.54) is 0 Å². The molecule has 0 aliphatic heterocycles. The maximum Gasteiger partial charge on any atom is 0.251 e. The van der Waals surface area contributed by atoms with E-state index in [9.17, 15) is 24.6 Å². The van der Waals surface area contributed by atoms with Gasteiger partial charge in [-0.1, -0.05) is 0 Å². The number of halogens is 1. The third-order valence-electron chi connectivity index (χ3n) is 2.33. The smallest absolute Gasteiger partial charge is 0.251 e. The van der Waals surface area contributed by atoms with Crippen molar-refractivity contribution in [2.24, 2.45) is 0 Å². The molecule has 0 aliphatic carbocycles. The molecule has 1 aromatic rings. The zero-order chi connectivity index (χ0) is 14.4. The molecule has 0 bridgehead atoms. The molecule has 0 saturated carbocycles. The van der Waals surface area contributed by atoms with E-state index in [1.807, 2.05) is 0 Å². The Bertz CT molecular complexity index is 485. The van der Waals surface area contributed by atoms with Gasteiger partial charge in [0.05, 0.1) is 12.0 Å². The minimum atomic E-state index is -1.53. The van der Waals surface area contributed by atoms with Crippen LogP contribution in [-0.4, -0.2) is 23.9 Å². The van der Waals surface area contributed by atoms with Gasteiger partial charge in [0, 0.05) is 15.1 Å². The molecule has 1 N–H and O–H groups in total. The summed E-state index contributed by atoms with van der Waals surface area (Å²) in [6.07, 6.45) is -0.744. The van der Waals surface area contributed by atoms with Crippen LogP contribution in [0.1, 0.15) is 23.2 Å². The van der Waals surface area contributed by atoms with Gasteiger partial charge in [0.25, 0.3) is 5.91 Å². The van der Waals surface area contributed by atoms with Gasteiger partial charge < -0.3 is 25.1 Å². The molecular formula is C12H10INO5-2. The van der Waals surface area contributed by atoms with Crippen molar-refractivity contribution in [2.75, 3.05) is 0 Å². The maximum atomic E-state index is 11.7. The number of carbonyl (C=O) groups excluding carboxylic acids is 3. The van der Waals surface area contributed by atoms with Crippen molar-refractivity contribution in [3.05, 3.63) is 33.4 Å². The zero-order valence-corrected chi connectivity index (χ0v) is 11.9. The van der Waals surface area contributed by atoms with Crippen LogP contribution in [0.25, 0.3) is 0 Å².